The monoisotopic (exact) mass is 379 g/mol. The molecule has 0 radical (unpaired) electrons. The van der Waals surface area contributed by atoms with Gasteiger partial charge in [-0.25, -0.2) is 5.43 Å². The maximum absolute atomic E-state index is 12.3. The fourth-order valence-electron chi connectivity index (χ4n) is 2.20. The molecule has 0 saturated heterocycles. The number of amides is 1. The van der Waals surface area contributed by atoms with Crippen LogP contribution >= 0.6 is 15.9 Å². The van der Waals surface area contributed by atoms with E-state index >= 15 is 0 Å². The number of pyridine rings is 1. The lowest BCUT2D eigenvalue weighted by Crippen LogP contribution is -2.20. The molecule has 0 spiro atoms. The van der Waals surface area contributed by atoms with E-state index in [2.05, 4.69) is 31.4 Å². The molecule has 24 heavy (non-hydrogen) atoms. The number of halogens is 1. The van der Waals surface area contributed by atoms with Crippen LogP contribution in [-0.4, -0.2) is 16.6 Å². The molecule has 5 heteroatoms. The summed E-state index contributed by atoms with van der Waals surface area (Å²) in [5.41, 5.74) is 5.55. The molecule has 4 nitrogen and oxygen atoms in total. The molecule has 1 N–H and O–H groups in total. The summed E-state index contributed by atoms with van der Waals surface area (Å²) >= 11 is 3.36. The lowest BCUT2D eigenvalue weighted by atomic mass is 10.0. The standard InChI is InChI=1S/C19H14BrN3O/c20-17-10-4-8-15(12-17)19(24)23-22-18(14-6-2-1-3-7-14)16-9-5-11-21-13-16/h1-13H,(H,23,24)/b22-18-. The van der Waals surface area contributed by atoms with Crippen LogP contribution in [0.25, 0.3) is 0 Å². The highest BCUT2D eigenvalue weighted by Gasteiger charge is 2.09. The van der Waals surface area contributed by atoms with E-state index < -0.39 is 0 Å². The highest BCUT2D eigenvalue weighted by Crippen LogP contribution is 2.12. The topological polar surface area (TPSA) is 54.4 Å². The molecule has 0 bridgehead atoms. The Morgan fingerprint density at radius 3 is 2.38 bits per heavy atom. The number of carbonyl (C=O) groups excluding carboxylic acids is 1. The number of nitrogens with zero attached hydrogens (tertiary/aromatic N) is 2. The number of rotatable bonds is 4. The zero-order valence-corrected chi connectivity index (χ0v) is 14.3. The Bertz CT molecular complexity index is 823. The normalized spacial score (nSPS) is 11.1. The van der Waals surface area contributed by atoms with Crippen molar-refractivity contribution in [3.63, 3.8) is 0 Å². The number of carbonyl (C=O) groups is 1. The Morgan fingerprint density at radius 2 is 1.67 bits per heavy atom. The third kappa shape index (κ3) is 3.94. The first kappa shape index (κ1) is 16.1. The van der Waals surface area contributed by atoms with Crippen molar-refractivity contribution in [1.82, 2.24) is 10.4 Å². The van der Waals surface area contributed by atoms with Gasteiger partial charge in [0.25, 0.3) is 5.91 Å². The SMILES string of the molecule is O=C(N/N=C(/c1ccccc1)c1cccnc1)c1cccc(Br)c1. The van der Waals surface area contributed by atoms with E-state index in [0.29, 0.717) is 11.3 Å². The molecule has 1 amide bonds. The van der Waals surface area contributed by atoms with Gasteiger partial charge in [-0.3, -0.25) is 9.78 Å². The molecule has 0 atom stereocenters. The van der Waals surface area contributed by atoms with Crippen molar-refractivity contribution in [3.05, 3.63) is 100 Å². The molecular weight excluding hydrogens is 366 g/mol. The van der Waals surface area contributed by atoms with Crippen molar-refractivity contribution < 1.29 is 4.79 Å². The van der Waals surface area contributed by atoms with Crippen LogP contribution in [0.2, 0.25) is 0 Å². The van der Waals surface area contributed by atoms with Gasteiger partial charge in [0.05, 0.1) is 5.71 Å². The van der Waals surface area contributed by atoms with Gasteiger partial charge in [0.2, 0.25) is 0 Å². The highest BCUT2D eigenvalue weighted by atomic mass is 79.9. The lowest BCUT2D eigenvalue weighted by molar-refractivity contribution is 0.0955. The second-order valence-electron chi connectivity index (χ2n) is 5.02. The van der Waals surface area contributed by atoms with Crippen molar-refractivity contribution in [2.75, 3.05) is 0 Å². The molecule has 0 aliphatic rings. The smallest absolute Gasteiger partial charge is 0.267 e. The third-order valence-electron chi connectivity index (χ3n) is 3.34. The maximum Gasteiger partial charge on any atom is 0.271 e. The molecule has 2 aromatic carbocycles. The second kappa shape index (κ2) is 7.66. The first-order chi connectivity index (χ1) is 11.7. The summed E-state index contributed by atoms with van der Waals surface area (Å²) in [5.74, 6) is -0.270. The number of hydrogen-bond acceptors (Lipinski definition) is 3. The Balaban J connectivity index is 1.91. The fraction of sp³-hybridized carbons (Fsp3) is 0. The van der Waals surface area contributed by atoms with Gasteiger partial charge in [0, 0.05) is 33.6 Å². The van der Waals surface area contributed by atoms with Crippen LogP contribution in [0.4, 0.5) is 0 Å². The molecule has 1 heterocycles. The number of aromatic nitrogens is 1. The summed E-state index contributed by atoms with van der Waals surface area (Å²) < 4.78 is 0.842. The fourth-order valence-corrected chi connectivity index (χ4v) is 2.59. The van der Waals surface area contributed by atoms with Crippen LogP contribution in [0.1, 0.15) is 21.5 Å². The Hall–Kier alpha value is -2.79. The predicted molar refractivity (Wildman–Crippen MR) is 97.9 cm³/mol. The Labute approximate surface area is 148 Å². The van der Waals surface area contributed by atoms with Crippen molar-refractivity contribution in [2.24, 2.45) is 5.10 Å². The van der Waals surface area contributed by atoms with Crippen molar-refractivity contribution in [2.45, 2.75) is 0 Å². The zero-order chi connectivity index (χ0) is 16.8. The lowest BCUT2D eigenvalue weighted by Gasteiger charge is -2.08. The quantitative estimate of drug-likeness (QED) is 0.549. The van der Waals surface area contributed by atoms with Gasteiger partial charge in [-0.2, -0.15) is 5.10 Å². The van der Waals surface area contributed by atoms with E-state index in [1.54, 1.807) is 24.5 Å². The summed E-state index contributed by atoms with van der Waals surface area (Å²) in [4.78, 5) is 16.4. The highest BCUT2D eigenvalue weighted by molar-refractivity contribution is 9.10. The van der Waals surface area contributed by atoms with Gasteiger partial charge < -0.3 is 0 Å². The number of benzene rings is 2. The van der Waals surface area contributed by atoms with Gasteiger partial charge in [-0.15, -0.1) is 0 Å². The maximum atomic E-state index is 12.3. The average molecular weight is 380 g/mol. The number of hydrazone groups is 1. The zero-order valence-electron chi connectivity index (χ0n) is 12.7. The molecule has 0 saturated carbocycles. The van der Waals surface area contributed by atoms with E-state index in [4.69, 9.17) is 0 Å². The number of hydrogen-bond donors (Lipinski definition) is 1. The third-order valence-corrected chi connectivity index (χ3v) is 3.83. The molecule has 3 rings (SSSR count). The van der Waals surface area contributed by atoms with Crippen molar-refractivity contribution in [1.29, 1.82) is 0 Å². The summed E-state index contributed by atoms with van der Waals surface area (Å²) in [6, 6.07) is 20.6. The second-order valence-corrected chi connectivity index (χ2v) is 5.94. The first-order valence-corrected chi connectivity index (χ1v) is 8.13. The van der Waals surface area contributed by atoms with Crippen LogP contribution < -0.4 is 5.43 Å². The van der Waals surface area contributed by atoms with Crippen molar-refractivity contribution in [3.8, 4) is 0 Å². The van der Waals surface area contributed by atoms with Gasteiger partial charge in [0.15, 0.2) is 0 Å². The predicted octanol–water partition coefficient (Wildman–Crippen LogP) is 4.03. The Kier molecular flexibility index (Phi) is 5.13. The molecule has 3 aromatic rings. The molecule has 0 aliphatic heterocycles. The van der Waals surface area contributed by atoms with Crippen LogP contribution in [-0.2, 0) is 0 Å². The molecular formula is C19H14BrN3O. The summed E-state index contributed by atoms with van der Waals surface area (Å²) in [6.07, 6.45) is 3.42. The van der Waals surface area contributed by atoms with E-state index in [1.807, 2.05) is 54.6 Å². The van der Waals surface area contributed by atoms with E-state index in [0.717, 1.165) is 15.6 Å². The van der Waals surface area contributed by atoms with Crippen LogP contribution in [0.3, 0.4) is 0 Å². The van der Waals surface area contributed by atoms with Crippen LogP contribution in [0, 0.1) is 0 Å². The molecule has 0 aliphatic carbocycles. The van der Waals surface area contributed by atoms with Crippen LogP contribution in [0.5, 0.6) is 0 Å². The molecule has 1 aromatic heterocycles. The van der Waals surface area contributed by atoms with Gasteiger partial charge in [-0.05, 0) is 30.3 Å². The van der Waals surface area contributed by atoms with Crippen LogP contribution in [0.15, 0.2) is 88.7 Å². The summed E-state index contributed by atoms with van der Waals surface area (Å²) in [5, 5.41) is 4.33. The van der Waals surface area contributed by atoms with E-state index in [9.17, 15) is 4.79 Å². The molecule has 0 unspecified atom stereocenters. The minimum Gasteiger partial charge on any atom is -0.267 e. The minimum atomic E-state index is -0.270. The minimum absolute atomic E-state index is 0.270. The summed E-state index contributed by atoms with van der Waals surface area (Å²) in [6.45, 7) is 0. The summed E-state index contributed by atoms with van der Waals surface area (Å²) in [7, 11) is 0. The molecule has 118 valence electrons. The van der Waals surface area contributed by atoms with Crippen molar-refractivity contribution >= 4 is 27.5 Å². The van der Waals surface area contributed by atoms with Gasteiger partial charge in [0.1, 0.15) is 0 Å². The van der Waals surface area contributed by atoms with E-state index in [1.165, 1.54) is 0 Å². The molecule has 0 fully saturated rings. The first-order valence-electron chi connectivity index (χ1n) is 7.33. The van der Waals surface area contributed by atoms with Gasteiger partial charge >= 0.3 is 0 Å². The average Bonchev–Trinajstić information content (AvgIpc) is 2.63. The number of nitrogens with one attached hydrogen (secondary N) is 1. The largest absolute Gasteiger partial charge is 0.271 e. The van der Waals surface area contributed by atoms with Gasteiger partial charge in [-0.1, -0.05) is 52.3 Å². The Morgan fingerprint density at radius 1 is 0.917 bits per heavy atom. The van der Waals surface area contributed by atoms with E-state index in [-0.39, 0.29) is 5.91 Å².